The highest BCUT2D eigenvalue weighted by atomic mass is 16.3. The topological polar surface area (TPSA) is 20.2 Å². The lowest BCUT2D eigenvalue weighted by molar-refractivity contribution is -0.0943. The third-order valence-corrected chi connectivity index (χ3v) is 5.52. The summed E-state index contributed by atoms with van der Waals surface area (Å²) in [6.07, 6.45) is 1.24. The zero-order chi connectivity index (χ0) is 10.0. The molecule has 13 heavy (non-hydrogen) atoms. The molecule has 0 aromatic carbocycles. The van der Waals surface area contributed by atoms with Crippen LogP contribution in [0, 0.1) is 29.1 Å². The van der Waals surface area contributed by atoms with Gasteiger partial charge >= 0.3 is 0 Å². The Labute approximate surface area is 81.5 Å². The minimum absolute atomic E-state index is 0.403. The Bertz CT molecular complexity index is 205. The monoisotopic (exact) mass is 182 g/mol. The lowest BCUT2D eigenvalue weighted by Crippen LogP contribution is -2.48. The van der Waals surface area contributed by atoms with Gasteiger partial charge in [-0.3, -0.25) is 0 Å². The van der Waals surface area contributed by atoms with Crippen LogP contribution in [-0.4, -0.2) is 10.7 Å². The van der Waals surface area contributed by atoms with E-state index in [4.69, 9.17) is 0 Å². The van der Waals surface area contributed by atoms with E-state index in [1.165, 1.54) is 6.42 Å². The molecule has 0 radical (unpaired) electrons. The van der Waals surface area contributed by atoms with Crippen LogP contribution in [0.15, 0.2) is 0 Å². The molecule has 2 rings (SSSR count). The van der Waals surface area contributed by atoms with Crippen molar-refractivity contribution < 1.29 is 5.11 Å². The average Bonchev–Trinajstić information content (AvgIpc) is 2.35. The molecule has 0 spiro atoms. The van der Waals surface area contributed by atoms with Crippen LogP contribution >= 0.6 is 0 Å². The van der Waals surface area contributed by atoms with Gasteiger partial charge in [-0.25, -0.2) is 0 Å². The maximum Gasteiger partial charge on any atom is 0.0678 e. The summed E-state index contributed by atoms with van der Waals surface area (Å²) in [6.45, 7) is 11.3. The second-order valence-corrected chi connectivity index (χ2v) is 6.07. The molecule has 2 aliphatic rings. The molecule has 0 heterocycles. The Kier molecular flexibility index (Phi) is 1.69. The quantitative estimate of drug-likeness (QED) is 0.610. The Morgan fingerprint density at radius 1 is 1.00 bits per heavy atom. The highest BCUT2D eigenvalue weighted by Gasteiger charge is 2.63. The van der Waals surface area contributed by atoms with Gasteiger partial charge in [-0.15, -0.1) is 0 Å². The highest BCUT2D eigenvalue weighted by Crippen LogP contribution is 2.65. The largest absolute Gasteiger partial charge is 0.390 e. The van der Waals surface area contributed by atoms with E-state index < -0.39 is 5.60 Å². The number of rotatable bonds is 0. The van der Waals surface area contributed by atoms with Crippen LogP contribution in [0.1, 0.15) is 41.0 Å². The van der Waals surface area contributed by atoms with Gasteiger partial charge in [0, 0.05) is 0 Å². The predicted octanol–water partition coefficient (Wildman–Crippen LogP) is 2.69. The van der Waals surface area contributed by atoms with E-state index in [-0.39, 0.29) is 0 Å². The van der Waals surface area contributed by atoms with Gasteiger partial charge in [0.1, 0.15) is 0 Å². The highest BCUT2D eigenvalue weighted by molar-refractivity contribution is 5.12. The first-order chi connectivity index (χ1) is 5.79. The van der Waals surface area contributed by atoms with Gasteiger partial charge in [-0.1, -0.05) is 27.7 Å². The van der Waals surface area contributed by atoms with Gasteiger partial charge in [0.2, 0.25) is 0 Å². The smallest absolute Gasteiger partial charge is 0.0678 e. The van der Waals surface area contributed by atoms with Crippen molar-refractivity contribution in [3.05, 3.63) is 0 Å². The maximum atomic E-state index is 10.4. The van der Waals surface area contributed by atoms with Crippen molar-refractivity contribution in [2.45, 2.75) is 46.6 Å². The first kappa shape index (κ1) is 9.51. The lowest BCUT2D eigenvalue weighted by Gasteiger charge is -2.47. The molecule has 1 heteroatoms. The van der Waals surface area contributed by atoms with Crippen molar-refractivity contribution in [2.24, 2.45) is 29.1 Å². The van der Waals surface area contributed by atoms with Crippen molar-refractivity contribution >= 4 is 0 Å². The fraction of sp³-hybridized carbons (Fsp3) is 1.00. The van der Waals surface area contributed by atoms with Crippen molar-refractivity contribution in [2.75, 3.05) is 0 Å². The van der Waals surface area contributed by atoms with E-state index in [9.17, 15) is 5.11 Å². The molecular formula is C12H22O. The maximum absolute atomic E-state index is 10.4. The molecule has 2 fully saturated rings. The van der Waals surface area contributed by atoms with E-state index in [2.05, 4.69) is 27.7 Å². The van der Waals surface area contributed by atoms with Gasteiger partial charge in [0.25, 0.3) is 0 Å². The van der Waals surface area contributed by atoms with Crippen LogP contribution in [0.5, 0.6) is 0 Å². The van der Waals surface area contributed by atoms with Gasteiger partial charge in [0.15, 0.2) is 0 Å². The Balaban J connectivity index is 2.37. The summed E-state index contributed by atoms with van der Waals surface area (Å²) >= 11 is 0. The summed E-state index contributed by atoms with van der Waals surface area (Å²) < 4.78 is 0. The third kappa shape index (κ3) is 0.918. The Morgan fingerprint density at radius 2 is 1.54 bits per heavy atom. The zero-order valence-corrected chi connectivity index (χ0v) is 9.46. The molecule has 1 N–H and O–H groups in total. The normalized spacial score (nSPS) is 58.6. The summed E-state index contributed by atoms with van der Waals surface area (Å²) in [7, 11) is 0. The standard InChI is InChI=1S/C12H22O/c1-7-10-6-9(11(7,3)4)8(2)12(10,5)13/h7-10,13H,6H2,1-5H3/t7-,8+,9+,10+,12-/m1/s1. The molecule has 0 saturated heterocycles. The van der Waals surface area contributed by atoms with E-state index in [1.807, 2.05) is 6.92 Å². The van der Waals surface area contributed by atoms with E-state index >= 15 is 0 Å². The van der Waals surface area contributed by atoms with Gasteiger partial charge in [-0.05, 0) is 42.4 Å². The Hall–Kier alpha value is -0.0400. The van der Waals surface area contributed by atoms with E-state index in [0.29, 0.717) is 23.2 Å². The second kappa shape index (κ2) is 2.31. The number of aliphatic hydroxyl groups is 1. The molecule has 1 nitrogen and oxygen atoms in total. The summed E-state index contributed by atoms with van der Waals surface area (Å²) in [5.41, 5.74) is 0.0337. The second-order valence-electron chi connectivity index (χ2n) is 6.07. The van der Waals surface area contributed by atoms with Crippen molar-refractivity contribution in [1.29, 1.82) is 0 Å². The van der Waals surface area contributed by atoms with Crippen LogP contribution in [0.25, 0.3) is 0 Å². The average molecular weight is 182 g/mol. The number of hydrogen-bond acceptors (Lipinski definition) is 1. The first-order valence-electron chi connectivity index (χ1n) is 5.52. The molecule has 76 valence electrons. The SMILES string of the molecule is C[C@@H]1[C@@H]2C[C@@H]([C@H](C)[C@@]2(C)O)C1(C)C. The van der Waals surface area contributed by atoms with Gasteiger partial charge in [-0.2, -0.15) is 0 Å². The molecule has 0 aromatic rings. The summed E-state index contributed by atoms with van der Waals surface area (Å²) in [5, 5.41) is 10.4. The molecule has 0 aliphatic heterocycles. The van der Waals surface area contributed by atoms with Crippen LogP contribution in [-0.2, 0) is 0 Å². The van der Waals surface area contributed by atoms with Gasteiger partial charge in [0.05, 0.1) is 5.60 Å². The molecule has 0 aromatic heterocycles. The summed E-state index contributed by atoms with van der Waals surface area (Å²) in [5.74, 6) is 2.40. The van der Waals surface area contributed by atoms with E-state index in [0.717, 1.165) is 5.92 Å². The first-order valence-corrected chi connectivity index (χ1v) is 5.52. The van der Waals surface area contributed by atoms with Crippen molar-refractivity contribution in [1.82, 2.24) is 0 Å². The molecule has 2 aliphatic carbocycles. The van der Waals surface area contributed by atoms with Gasteiger partial charge < -0.3 is 5.11 Å². The molecule has 5 atom stereocenters. The zero-order valence-electron chi connectivity index (χ0n) is 9.46. The number of fused-ring (bicyclic) bond motifs is 2. The molecule has 0 unspecified atom stereocenters. The minimum atomic E-state index is -0.403. The minimum Gasteiger partial charge on any atom is -0.390 e. The Morgan fingerprint density at radius 3 is 1.92 bits per heavy atom. The van der Waals surface area contributed by atoms with E-state index in [1.54, 1.807) is 0 Å². The fourth-order valence-corrected chi connectivity index (χ4v) is 3.98. The number of hydrogen-bond donors (Lipinski definition) is 1. The molecule has 0 amide bonds. The summed E-state index contributed by atoms with van der Waals surface area (Å²) in [4.78, 5) is 0. The predicted molar refractivity (Wildman–Crippen MR) is 54.3 cm³/mol. The van der Waals surface area contributed by atoms with Crippen LogP contribution in [0.3, 0.4) is 0 Å². The molecule has 2 bridgehead atoms. The van der Waals surface area contributed by atoms with Crippen LogP contribution in [0.2, 0.25) is 0 Å². The third-order valence-electron chi connectivity index (χ3n) is 5.52. The lowest BCUT2D eigenvalue weighted by atomic mass is 9.61. The van der Waals surface area contributed by atoms with Crippen molar-refractivity contribution in [3.63, 3.8) is 0 Å². The fourth-order valence-electron chi connectivity index (χ4n) is 3.98. The molecule has 2 saturated carbocycles. The summed E-state index contributed by atoms with van der Waals surface area (Å²) in [6, 6.07) is 0. The molecular weight excluding hydrogens is 160 g/mol. The van der Waals surface area contributed by atoms with Crippen LogP contribution in [0.4, 0.5) is 0 Å². The van der Waals surface area contributed by atoms with Crippen molar-refractivity contribution in [3.8, 4) is 0 Å². The van der Waals surface area contributed by atoms with Crippen LogP contribution < -0.4 is 0 Å².